The molecule has 1 aromatic carbocycles. The van der Waals surface area contributed by atoms with Crippen LogP contribution in [-0.4, -0.2) is 93.1 Å². The molecule has 1 saturated heterocycles. The van der Waals surface area contributed by atoms with E-state index in [0.717, 1.165) is 0 Å². The van der Waals surface area contributed by atoms with Crippen LogP contribution in [0.15, 0.2) is 53.5 Å². The average Bonchev–Trinajstić information content (AvgIpc) is 2.93. The molecule has 1 aromatic heterocycles. The maximum atomic E-state index is 12.2. The summed E-state index contributed by atoms with van der Waals surface area (Å²) in [6, 6.07) is 4.57. The van der Waals surface area contributed by atoms with Crippen molar-refractivity contribution >= 4 is 43.9 Å². The lowest BCUT2D eigenvalue weighted by atomic mass is 10.1. The first kappa shape index (κ1) is 33.1. The zero-order valence-corrected chi connectivity index (χ0v) is 25.0. The third-order valence-electron chi connectivity index (χ3n) is 5.79. The van der Waals surface area contributed by atoms with Crippen LogP contribution in [0.4, 0.5) is 17.6 Å². The number of nitrogens with zero attached hydrogens (tertiary/aromatic N) is 4. The molecule has 16 heteroatoms. The highest BCUT2D eigenvalue weighted by Gasteiger charge is 2.19. The van der Waals surface area contributed by atoms with Crippen LogP contribution < -0.4 is 20.3 Å². The van der Waals surface area contributed by atoms with Crippen LogP contribution in [0.1, 0.15) is 18.9 Å². The topological polar surface area (TPSA) is 193 Å². The third kappa shape index (κ3) is 11.5. The van der Waals surface area contributed by atoms with E-state index >= 15 is 0 Å². The number of anilines is 3. The normalized spacial score (nSPS) is 15.6. The molecule has 42 heavy (non-hydrogen) atoms. The molecule has 1 fully saturated rings. The molecule has 0 bridgehead atoms. The summed E-state index contributed by atoms with van der Waals surface area (Å²) in [5.41, 5.74) is 0.599. The summed E-state index contributed by atoms with van der Waals surface area (Å²) in [7, 11) is -6.82. The molecule has 2 heterocycles. The van der Waals surface area contributed by atoms with Gasteiger partial charge in [0.1, 0.15) is 11.5 Å². The molecule has 3 rings (SSSR count). The van der Waals surface area contributed by atoms with E-state index < -0.39 is 26.0 Å². The first-order valence-corrected chi connectivity index (χ1v) is 16.2. The Labute approximate surface area is 246 Å². The van der Waals surface area contributed by atoms with Crippen molar-refractivity contribution in [2.75, 3.05) is 62.5 Å². The maximum Gasteiger partial charge on any atom is 0.323 e. The summed E-state index contributed by atoms with van der Waals surface area (Å²) in [4.78, 5) is 14.8. The van der Waals surface area contributed by atoms with Gasteiger partial charge in [-0.2, -0.15) is 31.8 Å². The molecule has 1 atom stereocenters. The highest BCUT2D eigenvalue weighted by atomic mass is 32.2. The van der Waals surface area contributed by atoms with Crippen molar-refractivity contribution in [3.63, 3.8) is 0 Å². The Hall–Kier alpha value is -3.41. The van der Waals surface area contributed by atoms with Gasteiger partial charge in [-0.05, 0) is 37.1 Å². The van der Waals surface area contributed by atoms with Gasteiger partial charge >= 0.3 is 6.01 Å². The van der Waals surface area contributed by atoms with Crippen LogP contribution in [0.5, 0.6) is 6.01 Å². The number of allylic oxidation sites excluding steroid dienone is 4. The number of morpholine rings is 1. The summed E-state index contributed by atoms with van der Waals surface area (Å²) in [5, 5.41) is 5.96. The summed E-state index contributed by atoms with van der Waals surface area (Å²) in [5.74, 6) is -0.0223. The molecule has 0 aliphatic carbocycles. The molecule has 1 unspecified atom stereocenters. The zero-order chi connectivity index (χ0) is 30.6. The number of ether oxygens (including phenoxy) is 2. The van der Waals surface area contributed by atoms with E-state index in [1.165, 1.54) is 12.1 Å². The predicted molar refractivity (Wildman–Crippen MR) is 159 cm³/mol. The van der Waals surface area contributed by atoms with Crippen LogP contribution in [0, 0.1) is 5.92 Å². The predicted octanol–water partition coefficient (Wildman–Crippen LogP) is 2.34. The second kappa shape index (κ2) is 15.7. The molecule has 4 N–H and O–H groups in total. The van der Waals surface area contributed by atoms with E-state index in [0.29, 0.717) is 57.5 Å². The minimum atomic E-state index is -4.58. The molecule has 0 radical (unpaired) electrons. The molecule has 0 spiro atoms. The van der Waals surface area contributed by atoms with Crippen LogP contribution in [0.25, 0.3) is 6.08 Å². The zero-order valence-electron chi connectivity index (χ0n) is 23.4. The van der Waals surface area contributed by atoms with Gasteiger partial charge in [0.05, 0.1) is 19.0 Å². The molecule has 1 aliphatic heterocycles. The van der Waals surface area contributed by atoms with Crippen LogP contribution in [0.3, 0.4) is 0 Å². The minimum absolute atomic E-state index is 0.0998. The van der Waals surface area contributed by atoms with Gasteiger partial charge in [-0.1, -0.05) is 49.4 Å². The Bertz CT molecular complexity index is 1490. The fourth-order valence-corrected chi connectivity index (χ4v) is 4.78. The average molecular weight is 625 g/mol. The van der Waals surface area contributed by atoms with Gasteiger partial charge in [0.15, 0.2) is 0 Å². The first-order valence-electron chi connectivity index (χ1n) is 13.1. The molecular weight excluding hydrogens is 588 g/mol. The van der Waals surface area contributed by atoms with Gasteiger partial charge in [-0.3, -0.25) is 9.11 Å². The SMILES string of the molecule is CNCCOc1nc(Nc2ccc(/C=C/C(C)/C=C\C/C=C\CS(=O)(=O)O)c(S(=O)(=O)O)c2)nc(N2CCOCC2)n1. The second-order valence-electron chi connectivity index (χ2n) is 9.25. The van der Waals surface area contributed by atoms with Crippen LogP contribution in [-0.2, 0) is 25.0 Å². The van der Waals surface area contributed by atoms with Gasteiger partial charge in [0, 0.05) is 25.3 Å². The standard InChI is InChI=1S/C26H36N6O8S2/c1-20(7-5-3-4-6-18-41(33,34)35)8-9-21-10-11-22(19-23(21)42(36,37)38)28-24-29-25(32-13-16-39-17-14-32)31-26(30-24)40-15-12-27-2/h4-11,19-20,27H,3,12-18H2,1-2H3,(H,33,34,35)(H,36,37,38)(H,28,29,30,31)/b6-4-,7-5-,9-8+. The molecule has 14 nitrogen and oxygen atoms in total. The number of aromatic nitrogens is 3. The van der Waals surface area contributed by atoms with Crippen molar-refractivity contribution in [1.29, 1.82) is 0 Å². The van der Waals surface area contributed by atoms with E-state index in [-0.39, 0.29) is 28.3 Å². The highest BCUT2D eigenvalue weighted by Crippen LogP contribution is 2.25. The molecule has 0 amide bonds. The van der Waals surface area contributed by atoms with Gasteiger partial charge < -0.3 is 25.0 Å². The Balaban J connectivity index is 1.78. The number of likely N-dealkylation sites (N-methyl/N-ethyl adjacent to an activating group) is 1. The lowest BCUT2D eigenvalue weighted by Gasteiger charge is -2.27. The van der Waals surface area contributed by atoms with E-state index in [9.17, 15) is 21.4 Å². The van der Waals surface area contributed by atoms with Gasteiger partial charge in [-0.15, -0.1) is 0 Å². The minimum Gasteiger partial charge on any atom is -0.462 e. The number of nitrogens with one attached hydrogen (secondary N) is 2. The first-order chi connectivity index (χ1) is 19.9. The smallest absolute Gasteiger partial charge is 0.323 e. The Kier molecular flexibility index (Phi) is 12.4. The van der Waals surface area contributed by atoms with Gasteiger partial charge in [0.25, 0.3) is 20.2 Å². The summed E-state index contributed by atoms with van der Waals surface area (Å²) in [6.07, 6.45) is 10.4. The lowest BCUT2D eigenvalue weighted by molar-refractivity contribution is 0.122. The number of hydrogen-bond donors (Lipinski definition) is 4. The van der Waals surface area contributed by atoms with Crippen molar-refractivity contribution in [3.8, 4) is 6.01 Å². The van der Waals surface area contributed by atoms with Crippen molar-refractivity contribution in [2.45, 2.75) is 18.2 Å². The molecular formula is C26H36N6O8S2. The maximum absolute atomic E-state index is 12.2. The quantitative estimate of drug-likeness (QED) is 0.128. The van der Waals surface area contributed by atoms with Crippen molar-refractivity contribution in [3.05, 3.63) is 54.1 Å². The van der Waals surface area contributed by atoms with Crippen LogP contribution >= 0.6 is 0 Å². The highest BCUT2D eigenvalue weighted by molar-refractivity contribution is 7.86. The summed E-state index contributed by atoms with van der Waals surface area (Å²) >= 11 is 0. The third-order valence-corrected chi connectivity index (χ3v) is 7.32. The van der Waals surface area contributed by atoms with Crippen molar-refractivity contribution < 1.29 is 35.4 Å². The van der Waals surface area contributed by atoms with E-state index in [1.807, 2.05) is 24.0 Å². The Morgan fingerprint density at radius 2 is 1.83 bits per heavy atom. The summed E-state index contributed by atoms with van der Waals surface area (Å²) in [6.45, 7) is 5.02. The number of hydrogen-bond acceptors (Lipinski definition) is 12. The van der Waals surface area contributed by atoms with Gasteiger partial charge in [-0.25, -0.2) is 0 Å². The van der Waals surface area contributed by atoms with Crippen molar-refractivity contribution in [1.82, 2.24) is 20.3 Å². The molecule has 0 saturated carbocycles. The Morgan fingerprint density at radius 3 is 2.52 bits per heavy atom. The van der Waals surface area contributed by atoms with Crippen LogP contribution in [0.2, 0.25) is 0 Å². The Morgan fingerprint density at radius 1 is 1.07 bits per heavy atom. The van der Waals surface area contributed by atoms with E-state index in [1.54, 1.807) is 37.4 Å². The number of rotatable bonds is 15. The molecule has 1 aliphatic rings. The second-order valence-corrected chi connectivity index (χ2v) is 12.1. The van der Waals surface area contributed by atoms with E-state index in [4.69, 9.17) is 14.0 Å². The van der Waals surface area contributed by atoms with Gasteiger partial charge in [0.2, 0.25) is 11.9 Å². The van der Waals surface area contributed by atoms with E-state index in [2.05, 4.69) is 25.6 Å². The molecule has 2 aromatic rings. The lowest BCUT2D eigenvalue weighted by Crippen LogP contribution is -2.37. The number of benzene rings is 1. The monoisotopic (exact) mass is 624 g/mol. The fraction of sp³-hybridized carbons (Fsp3) is 0.423. The van der Waals surface area contributed by atoms with Crippen molar-refractivity contribution in [2.24, 2.45) is 5.92 Å². The summed E-state index contributed by atoms with van der Waals surface area (Å²) < 4.78 is 75.6. The molecule has 230 valence electrons. The largest absolute Gasteiger partial charge is 0.462 e. The fourth-order valence-electron chi connectivity index (χ4n) is 3.70.